The topological polar surface area (TPSA) is 63.4 Å². The molecule has 0 radical (unpaired) electrons. The lowest BCUT2D eigenvalue weighted by Gasteiger charge is -1.99. The van der Waals surface area contributed by atoms with Crippen molar-refractivity contribution in [3.8, 4) is 5.75 Å². The van der Waals surface area contributed by atoms with Crippen LogP contribution in [-0.2, 0) is 6.42 Å². The van der Waals surface area contributed by atoms with Gasteiger partial charge in [0.25, 0.3) is 5.69 Å². The van der Waals surface area contributed by atoms with Gasteiger partial charge in [0.2, 0.25) is 0 Å². The van der Waals surface area contributed by atoms with E-state index in [1.807, 2.05) is 24.3 Å². The molecular formula is C15H13NO3. The molecular weight excluding hydrogens is 242 g/mol. The minimum atomic E-state index is -0.421. The number of phenols is 1. The van der Waals surface area contributed by atoms with Gasteiger partial charge in [0.05, 0.1) is 4.92 Å². The van der Waals surface area contributed by atoms with Crippen molar-refractivity contribution in [1.29, 1.82) is 0 Å². The largest absolute Gasteiger partial charge is 0.508 e. The quantitative estimate of drug-likeness (QED) is 0.671. The van der Waals surface area contributed by atoms with E-state index in [4.69, 9.17) is 0 Å². The van der Waals surface area contributed by atoms with E-state index in [1.165, 1.54) is 12.1 Å². The molecule has 0 fully saturated rings. The van der Waals surface area contributed by atoms with Gasteiger partial charge >= 0.3 is 0 Å². The minimum Gasteiger partial charge on any atom is -0.508 e. The Balaban J connectivity index is 2.03. The Morgan fingerprint density at radius 1 is 1.11 bits per heavy atom. The number of non-ortho nitro benzene ring substituents is 1. The van der Waals surface area contributed by atoms with E-state index in [1.54, 1.807) is 24.3 Å². The zero-order chi connectivity index (χ0) is 13.7. The molecule has 0 amide bonds. The number of hydrogen-bond donors (Lipinski definition) is 1. The van der Waals surface area contributed by atoms with Crippen molar-refractivity contribution in [2.45, 2.75) is 6.42 Å². The molecule has 0 aliphatic carbocycles. The number of aromatic hydroxyl groups is 1. The molecule has 0 aromatic heterocycles. The summed E-state index contributed by atoms with van der Waals surface area (Å²) in [6, 6.07) is 13.5. The fourth-order valence-corrected chi connectivity index (χ4v) is 1.71. The minimum absolute atomic E-state index is 0.0813. The molecule has 1 N–H and O–H groups in total. The molecule has 0 aliphatic rings. The van der Waals surface area contributed by atoms with Crippen molar-refractivity contribution < 1.29 is 10.0 Å². The van der Waals surface area contributed by atoms with Crippen LogP contribution in [0.1, 0.15) is 11.1 Å². The Bertz CT molecular complexity index is 603. The van der Waals surface area contributed by atoms with Crippen molar-refractivity contribution in [3.05, 3.63) is 75.8 Å². The maximum Gasteiger partial charge on any atom is 0.269 e. The van der Waals surface area contributed by atoms with E-state index in [9.17, 15) is 15.2 Å². The Morgan fingerprint density at radius 3 is 2.42 bits per heavy atom. The van der Waals surface area contributed by atoms with Crippen LogP contribution in [0, 0.1) is 10.1 Å². The fourth-order valence-electron chi connectivity index (χ4n) is 1.71. The van der Waals surface area contributed by atoms with E-state index in [2.05, 4.69) is 0 Å². The number of nitrogens with zero attached hydrogens (tertiary/aromatic N) is 1. The van der Waals surface area contributed by atoms with Crippen molar-refractivity contribution in [1.82, 2.24) is 0 Å². The second-order valence-electron chi connectivity index (χ2n) is 4.08. The normalized spacial score (nSPS) is 10.7. The lowest BCUT2D eigenvalue weighted by Crippen LogP contribution is -1.86. The summed E-state index contributed by atoms with van der Waals surface area (Å²) in [7, 11) is 0. The van der Waals surface area contributed by atoms with Crippen molar-refractivity contribution in [2.24, 2.45) is 0 Å². The number of nitro groups is 1. The number of hydrogen-bond acceptors (Lipinski definition) is 3. The van der Waals surface area contributed by atoms with Gasteiger partial charge in [0, 0.05) is 12.1 Å². The molecule has 19 heavy (non-hydrogen) atoms. The Hall–Kier alpha value is -2.62. The Kier molecular flexibility index (Phi) is 3.93. The van der Waals surface area contributed by atoms with Gasteiger partial charge in [-0.3, -0.25) is 10.1 Å². The van der Waals surface area contributed by atoms with Crippen LogP contribution in [-0.4, -0.2) is 10.0 Å². The van der Waals surface area contributed by atoms with Gasteiger partial charge in [-0.2, -0.15) is 0 Å². The van der Waals surface area contributed by atoms with E-state index in [0.29, 0.717) is 6.42 Å². The lowest BCUT2D eigenvalue weighted by molar-refractivity contribution is -0.384. The highest BCUT2D eigenvalue weighted by Gasteiger charge is 2.02. The number of phenolic OH excluding ortho intramolecular Hbond substituents is 1. The van der Waals surface area contributed by atoms with Crippen molar-refractivity contribution in [2.75, 3.05) is 0 Å². The third-order valence-corrected chi connectivity index (χ3v) is 2.74. The Labute approximate surface area is 110 Å². The number of rotatable bonds is 4. The summed E-state index contributed by atoms with van der Waals surface area (Å²) in [6.45, 7) is 0. The molecule has 0 spiro atoms. The molecule has 2 rings (SSSR count). The highest BCUT2D eigenvalue weighted by Crippen LogP contribution is 2.17. The predicted molar refractivity (Wildman–Crippen MR) is 73.9 cm³/mol. The number of allylic oxidation sites excluding steroid dienone is 1. The SMILES string of the molecule is O=[N+]([O-])c1ccc(/C=C\Cc2ccccc2O)cc1. The van der Waals surface area contributed by atoms with Crippen LogP contribution in [0.4, 0.5) is 5.69 Å². The summed E-state index contributed by atoms with van der Waals surface area (Å²) in [4.78, 5) is 10.1. The van der Waals surface area contributed by atoms with Gasteiger partial charge < -0.3 is 5.11 Å². The Morgan fingerprint density at radius 2 is 1.79 bits per heavy atom. The zero-order valence-electron chi connectivity index (χ0n) is 10.2. The van der Waals surface area contributed by atoms with E-state index in [-0.39, 0.29) is 11.4 Å². The molecule has 0 heterocycles. The second-order valence-corrected chi connectivity index (χ2v) is 4.08. The third-order valence-electron chi connectivity index (χ3n) is 2.74. The summed E-state index contributed by atoms with van der Waals surface area (Å²) in [5.41, 5.74) is 1.82. The predicted octanol–water partition coefficient (Wildman–Crippen LogP) is 3.56. The van der Waals surface area contributed by atoms with Crippen LogP contribution in [0.15, 0.2) is 54.6 Å². The van der Waals surface area contributed by atoms with Crippen LogP contribution >= 0.6 is 0 Å². The van der Waals surface area contributed by atoms with Gasteiger partial charge in [-0.15, -0.1) is 0 Å². The second kappa shape index (κ2) is 5.82. The lowest BCUT2D eigenvalue weighted by atomic mass is 10.1. The van der Waals surface area contributed by atoms with E-state index >= 15 is 0 Å². The van der Waals surface area contributed by atoms with Gasteiger partial charge in [0.1, 0.15) is 5.75 Å². The molecule has 0 atom stereocenters. The molecule has 96 valence electrons. The van der Waals surface area contributed by atoms with Crippen LogP contribution in [0.25, 0.3) is 6.08 Å². The summed E-state index contributed by atoms with van der Waals surface area (Å²) in [5.74, 6) is 0.274. The van der Waals surface area contributed by atoms with Gasteiger partial charge in [-0.05, 0) is 35.7 Å². The molecule has 0 aliphatic heterocycles. The standard InChI is InChI=1S/C15H13NO3/c17-15-7-2-1-5-13(15)6-3-4-12-8-10-14(11-9-12)16(18)19/h1-5,7-11,17H,6H2/b4-3-. The molecule has 4 heteroatoms. The third kappa shape index (κ3) is 3.42. The first-order chi connectivity index (χ1) is 9.16. The smallest absolute Gasteiger partial charge is 0.269 e. The molecule has 2 aromatic rings. The summed E-state index contributed by atoms with van der Waals surface area (Å²) >= 11 is 0. The van der Waals surface area contributed by atoms with Crippen molar-refractivity contribution >= 4 is 11.8 Å². The summed E-state index contributed by atoms with van der Waals surface area (Å²) in [5, 5.41) is 20.1. The van der Waals surface area contributed by atoms with E-state index in [0.717, 1.165) is 11.1 Å². The molecule has 0 saturated carbocycles. The van der Waals surface area contributed by atoms with Crippen LogP contribution < -0.4 is 0 Å². The van der Waals surface area contributed by atoms with E-state index < -0.39 is 4.92 Å². The maximum atomic E-state index is 10.5. The maximum absolute atomic E-state index is 10.5. The van der Waals surface area contributed by atoms with Crippen LogP contribution in [0.3, 0.4) is 0 Å². The van der Waals surface area contributed by atoms with Gasteiger partial charge in [-0.25, -0.2) is 0 Å². The number of nitro benzene ring substituents is 1. The monoisotopic (exact) mass is 255 g/mol. The van der Waals surface area contributed by atoms with Gasteiger partial charge in [-0.1, -0.05) is 30.4 Å². The summed E-state index contributed by atoms with van der Waals surface area (Å²) in [6.07, 6.45) is 4.40. The fraction of sp³-hybridized carbons (Fsp3) is 0.0667. The van der Waals surface area contributed by atoms with Gasteiger partial charge in [0.15, 0.2) is 0 Å². The van der Waals surface area contributed by atoms with Crippen LogP contribution in [0.2, 0.25) is 0 Å². The number of benzene rings is 2. The highest BCUT2D eigenvalue weighted by atomic mass is 16.6. The number of para-hydroxylation sites is 1. The van der Waals surface area contributed by atoms with Crippen molar-refractivity contribution in [3.63, 3.8) is 0 Å². The van der Waals surface area contributed by atoms with Crippen LogP contribution in [0.5, 0.6) is 5.75 Å². The zero-order valence-corrected chi connectivity index (χ0v) is 10.2. The first-order valence-electron chi connectivity index (χ1n) is 5.84. The molecule has 0 unspecified atom stereocenters. The first-order valence-corrected chi connectivity index (χ1v) is 5.84. The molecule has 0 saturated heterocycles. The molecule has 0 bridgehead atoms. The summed E-state index contributed by atoms with van der Waals surface area (Å²) < 4.78 is 0. The highest BCUT2D eigenvalue weighted by molar-refractivity contribution is 5.52. The average molecular weight is 255 g/mol. The first kappa shape index (κ1) is 12.8. The molecule has 4 nitrogen and oxygen atoms in total. The molecule has 2 aromatic carbocycles. The average Bonchev–Trinajstić information content (AvgIpc) is 2.41.